The van der Waals surface area contributed by atoms with Crippen LogP contribution in [0.4, 0.5) is 5.69 Å². The highest BCUT2D eigenvalue weighted by atomic mass is 16.5. The Balaban J connectivity index is 2.25. The molecule has 2 rings (SSSR count). The Kier molecular flexibility index (Phi) is 3.18. The van der Waals surface area contributed by atoms with Crippen LogP contribution in [0.1, 0.15) is 16.1 Å². The molecule has 2 aromatic rings. The van der Waals surface area contributed by atoms with Gasteiger partial charge in [0, 0.05) is 0 Å². The number of hydrogen-bond acceptors (Lipinski definition) is 4. The maximum atomic E-state index is 11.3. The van der Waals surface area contributed by atoms with E-state index in [9.17, 15) is 4.79 Å². The molecule has 6 heteroatoms. The second-order valence-electron chi connectivity index (χ2n) is 3.82. The van der Waals surface area contributed by atoms with Crippen LogP contribution in [0, 0.1) is 0 Å². The summed E-state index contributed by atoms with van der Waals surface area (Å²) in [4.78, 5) is 11.3. The Morgan fingerprint density at radius 1 is 1.39 bits per heavy atom. The molecule has 0 atom stereocenters. The number of methoxy groups -OCH3 is 1. The van der Waals surface area contributed by atoms with Crippen molar-refractivity contribution in [2.75, 3.05) is 12.8 Å². The fraction of sp³-hybridized carbons (Fsp3) is 0.167. The van der Waals surface area contributed by atoms with Crippen molar-refractivity contribution in [1.29, 1.82) is 0 Å². The molecule has 0 saturated heterocycles. The highest BCUT2D eigenvalue weighted by Gasteiger charge is 2.13. The zero-order valence-corrected chi connectivity index (χ0v) is 9.96. The van der Waals surface area contributed by atoms with Crippen molar-refractivity contribution in [3.63, 3.8) is 0 Å². The number of primary amides is 1. The number of carbonyl (C=O) groups excluding carboxylic acids is 1. The molecule has 0 unspecified atom stereocenters. The number of nitrogens with two attached hydrogens (primary N) is 2. The van der Waals surface area contributed by atoms with E-state index in [1.807, 2.05) is 24.3 Å². The third-order valence-electron chi connectivity index (χ3n) is 2.59. The Morgan fingerprint density at radius 2 is 2.06 bits per heavy atom. The maximum absolute atomic E-state index is 11.3. The summed E-state index contributed by atoms with van der Waals surface area (Å²) in [6, 6.07) is 7.46. The lowest BCUT2D eigenvalue weighted by atomic mass is 10.2. The number of anilines is 1. The number of nitrogen functional groups attached to an aromatic ring is 1. The number of ether oxygens (including phenoxy) is 1. The molecule has 6 nitrogen and oxygen atoms in total. The van der Waals surface area contributed by atoms with Crippen molar-refractivity contribution in [1.82, 2.24) is 9.78 Å². The molecule has 1 amide bonds. The van der Waals surface area contributed by atoms with Gasteiger partial charge in [0.15, 0.2) is 0 Å². The van der Waals surface area contributed by atoms with Crippen molar-refractivity contribution in [3.8, 4) is 5.75 Å². The van der Waals surface area contributed by atoms with Crippen LogP contribution < -0.4 is 16.2 Å². The predicted octanol–water partition coefficient (Wildman–Crippen LogP) is 0.621. The van der Waals surface area contributed by atoms with Crippen LogP contribution in [-0.4, -0.2) is 22.8 Å². The number of amides is 1. The van der Waals surface area contributed by atoms with E-state index in [-0.39, 0.29) is 11.4 Å². The van der Waals surface area contributed by atoms with Gasteiger partial charge in [0.2, 0.25) is 0 Å². The molecule has 0 aliphatic heterocycles. The van der Waals surface area contributed by atoms with Crippen LogP contribution >= 0.6 is 0 Å². The number of carbonyl (C=O) groups is 1. The SMILES string of the molecule is COc1ccc(Cn2ncc(N)c2C(N)=O)cc1. The van der Waals surface area contributed by atoms with Gasteiger partial charge in [-0.3, -0.25) is 9.48 Å². The lowest BCUT2D eigenvalue weighted by molar-refractivity contribution is 0.0991. The molecule has 18 heavy (non-hydrogen) atoms. The fourth-order valence-corrected chi connectivity index (χ4v) is 1.69. The Morgan fingerprint density at radius 3 is 2.61 bits per heavy atom. The highest BCUT2D eigenvalue weighted by molar-refractivity contribution is 5.96. The molecular weight excluding hydrogens is 232 g/mol. The monoisotopic (exact) mass is 246 g/mol. The molecule has 0 spiro atoms. The molecular formula is C12H14N4O2. The fourth-order valence-electron chi connectivity index (χ4n) is 1.69. The Hall–Kier alpha value is -2.50. The molecule has 0 radical (unpaired) electrons. The number of rotatable bonds is 4. The Bertz CT molecular complexity index is 560. The summed E-state index contributed by atoms with van der Waals surface area (Å²) >= 11 is 0. The van der Waals surface area contributed by atoms with Crippen molar-refractivity contribution >= 4 is 11.6 Å². The summed E-state index contributed by atoms with van der Waals surface area (Å²) in [5, 5.41) is 4.03. The van der Waals surface area contributed by atoms with E-state index >= 15 is 0 Å². The molecule has 0 fully saturated rings. The van der Waals surface area contributed by atoms with Crippen LogP contribution in [0.25, 0.3) is 0 Å². The zero-order valence-electron chi connectivity index (χ0n) is 9.96. The first-order chi connectivity index (χ1) is 8.61. The van der Waals surface area contributed by atoms with Crippen molar-refractivity contribution in [3.05, 3.63) is 41.7 Å². The second kappa shape index (κ2) is 4.79. The number of benzene rings is 1. The van der Waals surface area contributed by atoms with E-state index in [1.165, 1.54) is 10.9 Å². The third-order valence-corrected chi connectivity index (χ3v) is 2.59. The first-order valence-corrected chi connectivity index (χ1v) is 5.36. The lowest BCUT2D eigenvalue weighted by Crippen LogP contribution is -2.19. The molecule has 0 bridgehead atoms. The van der Waals surface area contributed by atoms with Gasteiger partial charge in [0.05, 0.1) is 25.5 Å². The van der Waals surface area contributed by atoms with E-state index in [4.69, 9.17) is 16.2 Å². The average Bonchev–Trinajstić information content (AvgIpc) is 2.71. The molecule has 1 aromatic carbocycles. The summed E-state index contributed by atoms with van der Waals surface area (Å²) in [5.41, 5.74) is 12.4. The quantitative estimate of drug-likeness (QED) is 0.826. The van der Waals surface area contributed by atoms with Crippen LogP contribution in [0.3, 0.4) is 0 Å². The van der Waals surface area contributed by atoms with Crippen LogP contribution in [0.5, 0.6) is 5.75 Å². The van der Waals surface area contributed by atoms with Crippen molar-refractivity contribution < 1.29 is 9.53 Å². The van der Waals surface area contributed by atoms with E-state index in [2.05, 4.69) is 5.10 Å². The summed E-state index contributed by atoms with van der Waals surface area (Å²) < 4.78 is 6.55. The summed E-state index contributed by atoms with van der Waals surface area (Å²) in [5.74, 6) is 0.187. The van der Waals surface area contributed by atoms with E-state index in [1.54, 1.807) is 7.11 Å². The minimum Gasteiger partial charge on any atom is -0.497 e. The molecule has 94 valence electrons. The van der Waals surface area contributed by atoms with Gasteiger partial charge in [0.1, 0.15) is 11.4 Å². The zero-order chi connectivity index (χ0) is 13.1. The summed E-state index contributed by atoms with van der Waals surface area (Å²) in [7, 11) is 1.61. The normalized spacial score (nSPS) is 10.3. The largest absolute Gasteiger partial charge is 0.497 e. The topological polar surface area (TPSA) is 96.2 Å². The molecule has 0 aliphatic carbocycles. The van der Waals surface area contributed by atoms with Crippen molar-refractivity contribution in [2.24, 2.45) is 5.73 Å². The van der Waals surface area contributed by atoms with E-state index in [0.29, 0.717) is 6.54 Å². The first kappa shape index (κ1) is 12.0. The second-order valence-corrected chi connectivity index (χ2v) is 3.82. The van der Waals surface area contributed by atoms with Crippen molar-refractivity contribution in [2.45, 2.75) is 6.54 Å². The van der Waals surface area contributed by atoms with Crippen LogP contribution in [0.2, 0.25) is 0 Å². The van der Waals surface area contributed by atoms with Gasteiger partial charge >= 0.3 is 0 Å². The van der Waals surface area contributed by atoms with Gasteiger partial charge in [-0.25, -0.2) is 0 Å². The van der Waals surface area contributed by atoms with E-state index < -0.39 is 5.91 Å². The molecule has 4 N–H and O–H groups in total. The minimum atomic E-state index is -0.585. The molecule has 1 heterocycles. The van der Waals surface area contributed by atoms with Gasteiger partial charge in [-0.05, 0) is 17.7 Å². The minimum absolute atomic E-state index is 0.228. The third kappa shape index (κ3) is 2.27. The summed E-state index contributed by atoms with van der Waals surface area (Å²) in [6.07, 6.45) is 1.42. The molecule has 0 saturated carbocycles. The summed E-state index contributed by atoms with van der Waals surface area (Å²) in [6.45, 7) is 0.430. The average molecular weight is 246 g/mol. The van der Waals surface area contributed by atoms with E-state index in [0.717, 1.165) is 11.3 Å². The van der Waals surface area contributed by atoms with Gasteiger partial charge in [-0.15, -0.1) is 0 Å². The van der Waals surface area contributed by atoms with Gasteiger partial charge in [0.25, 0.3) is 5.91 Å². The van der Waals surface area contributed by atoms with Gasteiger partial charge in [-0.2, -0.15) is 5.10 Å². The Labute approximate surface area is 104 Å². The molecule has 0 aliphatic rings. The molecule has 1 aromatic heterocycles. The van der Waals surface area contributed by atoms with Gasteiger partial charge in [-0.1, -0.05) is 12.1 Å². The standard InChI is InChI=1S/C12H14N4O2/c1-18-9-4-2-8(3-5-9)7-16-11(12(14)17)10(13)6-15-16/h2-6H,7,13H2,1H3,(H2,14,17). The highest BCUT2D eigenvalue weighted by Crippen LogP contribution is 2.15. The van der Waals surface area contributed by atoms with Gasteiger partial charge < -0.3 is 16.2 Å². The number of aromatic nitrogens is 2. The smallest absolute Gasteiger partial charge is 0.269 e. The van der Waals surface area contributed by atoms with Crippen LogP contribution in [-0.2, 0) is 6.54 Å². The maximum Gasteiger partial charge on any atom is 0.269 e. The number of nitrogens with zero attached hydrogens (tertiary/aromatic N) is 2. The number of hydrogen-bond donors (Lipinski definition) is 2. The lowest BCUT2D eigenvalue weighted by Gasteiger charge is -2.06. The van der Waals surface area contributed by atoms with Crippen LogP contribution in [0.15, 0.2) is 30.5 Å². The predicted molar refractivity (Wildman–Crippen MR) is 67.3 cm³/mol. The first-order valence-electron chi connectivity index (χ1n) is 5.36.